The van der Waals surface area contributed by atoms with Crippen LogP contribution in [0.4, 0.5) is 10.1 Å². The highest BCUT2D eigenvalue weighted by Gasteiger charge is 2.28. The van der Waals surface area contributed by atoms with Crippen molar-refractivity contribution in [2.24, 2.45) is 5.10 Å². The number of benzene rings is 3. The molecule has 196 valence electrons. The molecule has 1 aromatic heterocycles. The summed E-state index contributed by atoms with van der Waals surface area (Å²) in [6.45, 7) is 7.03. The van der Waals surface area contributed by atoms with E-state index in [-0.39, 0.29) is 10.7 Å². The number of aryl methyl sites for hydroxylation is 3. The predicted molar refractivity (Wildman–Crippen MR) is 148 cm³/mol. The Morgan fingerprint density at radius 1 is 0.974 bits per heavy atom. The number of hydrazone groups is 1. The van der Waals surface area contributed by atoms with Gasteiger partial charge in [-0.15, -0.1) is 0 Å². The lowest BCUT2D eigenvalue weighted by Crippen LogP contribution is -2.40. The molecule has 0 unspecified atom stereocenters. The van der Waals surface area contributed by atoms with Crippen LogP contribution in [0, 0.1) is 33.5 Å². The van der Waals surface area contributed by atoms with E-state index in [1.54, 1.807) is 49.4 Å². The second-order valence-corrected chi connectivity index (χ2v) is 10.9. The van der Waals surface area contributed by atoms with Crippen LogP contribution in [-0.4, -0.2) is 31.7 Å². The van der Waals surface area contributed by atoms with Crippen molar-refractivity contribution < 1.29 is 17.6 Å². The molecule has 0 atom stereocenters. The van der Waals surface area contributed by atoms with Crippen LogP contribution in [0.2, 0.25) is 0 Å². The molecule has 1 amide bonds. The summed E-state index contributed by atoms with van der Waals surface area (Å²) in [5.41, 5.74) is 7.84. The third kappa shape index (κ3) is 5.68. The number of aromatic nitrogens is 1. The summed E-state index contributed by atoms with van der Waals surface area (Å²) in [5.74, 6) is -0.905. The fourth-order valence-electron chi connectivity index (χ4n) is 4.23. The molecule has 0 radical (unpaired) electrons. The number of amides is 1. The number of rotatable bonds is 8. The first-order valence-electron chi connectivity index (χ1n) is 12.0. The van der Waals surface area contributed by atoms with E-state index in [4.69, 9.17) is 0 Å². The van der Waals surface area contributed by atoms with Crippen molar-refractivity contribution in [3.63, 3.8) is 0 Å². The fourth-order valence-corrected chi connectivity index (χ4v) is 5.71. The molecule has 0 fully saturated rings. The van der Waals surface area contributed by atoms with Crippen LogP contribution >= 0.6 is 0 Å². The Balaban J connectivity index is 1.56. The minimum absolute atomic E-state index is 0.0934. The second kappa shape index (κ2) is 11.0. The monoisotopic (exact) mass is 532 g/mol. The minimum Gasteiger partial charge on any atom is -0.318 e. The van der Waals surface area contributed by atoms with E-state index in [1.807, 2.05) is 37.5 Å². The van der Waals surface area contributed by atoms with Gasteiger partial charge in [0.25, 0.3) is 15.9 Å². The van der Waals surface area contributed by atoms with E-state index in [0.29, 0.717) is 11.3 Å². The van der Waals surface area contributed by atoms with Crippen molar-refractivity contribution in [2.75, 3.05) is 10.8 Å². The standard InChI is InChI=1S/C29H29FN4O3S/c1-20-9-15-27(16-10-20)38(36,37)33(28-8-6-5-7-21(28)2)19-29(35)32-31-18-24-17-22(3)34(23(24)4)26-13-11-25(30)12-14-26/h5-18H,19H2,1-4H3,(H,32,35)/b31-18-. The number of carbonyl (C=O) groups excluding carboxylic acids is 1. The van der Waals surface area contributed by atoms with Gasteiger partial charge in [0.15, 0.2) is 0 Å². The van der Waals surface area contributed by atoms with E-state index < -0.39 is 22.5 Å². The molecular formula is C29H29FN4O3S. The largest absolute Gasteiger partial charge is 0.318 e. The van der Waals surface area contributed by atoms with Crippen LogP contribution < -0.4 is 9.73 Å². The highest BCUT2D eigenvalue weighted by molar-refractivity contribution is 7.92. The number of hydrogen-bond acceptors (Lipinski definition) is 4. The fraction of sp³-hybridized carbons (Fsp3) is 0.172. The van der Waals surface area contributed by atoms with Gasteiger partial charge >= 0.3 is 0 Å². The average Bonchev–Trinajstić information content (AvgIpc) is 3.16. The van der Waals surface area contributed by atoms with E-state index >= 15 is 0 Å². The lowest BCUT2D eigenvalue weighted by molar-refractivity contribution is -0.119. The highest BCUT2D eigenvalue weighted by Crippen LogP contribution is 2.27. The molecule has 4 aromatic rings. The first-order chi connectivity index (χ1) is 18.1. The molecule has 0 bridgehead atoms. The third-order valence-corrected chi connectivity index (χ3v) is 8.00. The van der Waals surface area contributed by atoms with Crippen molar-refractivity contribution in [2.45, 2.75) is 32.6 Å². The lowest BCUT2D eigenvalue weighted by atomic mass is 10.2. The van der Waals surface area contributed by atoms with Gasteiger partial charge in [0.2, 0.25) is 0 Å². The first-order valence-corrected chi connectivity index (χ1v) is 13.4. The zero-order valence-electron chi connectivity index (χ0n) is 21.6. The minimum atomic E-state index is -4.02. The normalized spacial score (nSPS) is 11.6. The van der Waals surface area contributed by atoms with Crippen LogP contribution in [0.1, 0.15) is 28.1 Å². The summed E-state index contributed by atoms with van der Waals surface area (Å²) in [5, 5.41) is 4.08. The summed E-state index contributed by atoms with van der Waals surface area (Å²) in [7, 11) is -4.02. The number of hydrogen-bond donors (Lipinski definition) is 1. The van der Waals surface area contributed by atoms with Crippen molar-refractivity contribution in [3.05, 3.63) is 113 Å². The van der Waals surface area contributed by atoms with Gasteiger partial charge in [0.1, 0.15) is 12.4 Å². The third-order valence-electron chi connectivity index (χ3n) is 6.23. The number of sulfonamides is 1. The highest BCUT2D eigenvalue weighted by atomic mass is 32.2. The van der Waals surface area contributed by atoms with Gasteiger partial charge in [-0.2, -0.15) is 5.10 Å². The average molecular weight is 533 g/mol. The van der Waals surface area contributed by atoms with Gasteiger partial charge in [-0.05, 0) is 81.8 Å². The van der Waals surface area contributed by atoms with Gasteiger partial charge in [0, 0.05) is 22.6 Å². The summed E-state index contributed by atoms with van der Waals surface area (Å²) in [6.07, 6.45) is 1.51. The van der Waals surface area contributed by atoms with Crippen LogP contribution in [0.15, 0.2) is 88.9 Å². The Morgan fingerprint density at radius 3 is 2.29 bits per heavy atom. The molecule has 3 aromatic carbocycles. The predicted octanol–water partition coefficient (Wildman–Crippen LogP) is 5.20. The Bertz CT molecular complexity index is 1590. The molecule has 0 saturated carbocycles. The molecule has 1 heterocycles. The molecule has 38 heavy (non-hydrogen) atoms. The van der Waals surface area contributed by atoms with E-state index in [2.05, 4.69) is 10.5 Å². The molecule has 9 heteroatoms. The molecule has 4 rings (SSSR count). The van der Waals surface area contributed by atoms with E-state index in [0.717, 1.165) is 32.5 Å². The second-order valence-electron chi connectivity index (χ2n) is 9.04. The van der Waals surface area contributed by atoms with Crippen molar-refractivity contribution in [3.8, 4) is 5.69 Å². The van der Waals surface area contributed by atoms with Crippen molar-refractivity contribution in [1.29, 1.82) is 0 Å². The lowest BCUT2D eigenvalue weighted by Gasteiger charge is -2.25. The SMILES string of the molecule is Cc1ccc(S(=O)(=O)N(CC(=O)N/N=C\c2cc(C)n(-c3ccc(F)cc3)c2C)c2ccccc2C)cc1. The molecule has 0 aliphatic rings. The maximum atomic E-state index is 13.5. The van der Waals surface area contributed by atoms with Crippen LogP contribution in [0.5, 0.6) is 0 Å². The zero-order valence-corrected chi connectivity index (χ0v) is 22.5. The van der Waals surface area contributed by atoms with Gasteiger partial charge in [-0.25, -0.2) is 18.2 Å². The maximum absolute atomic E-state index is 13.5. The smallest absolute Gasteiger partial charge is 0.264 e. The van der Waals surface area contributed by atoms with E-state index in [9.17, 15) is 17.6 Å². The quantitative estimate of drug-likeness (QED) is 0.250. The van der Waals surface area contributed by atoms with Crippen molar-refractivity contribution in [1.82, 2.24) is 9.99 Å². The molecule has 0 saturated heterocycles. The summed E-state index contributed by atoms with van der Waals surface area (Å²) in [4.78, 5) is 13.0. The van der Waals surface area contributed by atoms with Gasteiger partial charge < -0.3 is 4.57 Å². The Kier molecular flexibility index (Phi) is 7.78. The molecule has 0 aliphatic carbocycles. The van der Waals surface area contributed by atoms with Gasteiger partial charge in [-0.3, -0.25) is 9.10 Å². The zero-order chi connectivity index (χ0) is 27.4. The summed E-state index contributed by atoms with van der Waals surface area (Å²) < 4.78 is 43.5. The molecular weight excluding hydrogens is 503 g/mol. The van der Waals surface area contributed by atoms with Gasteiger partial charge in [-0.1, -0.05) is 35.9 Å². The summed E-state index contributed by atoms with van der Waals surface area (Å²) >= 11 is 0. The van der Waals surface area contributed by atoms with Crippen LogP contribution in [0.25, 0.3) is 5.69 Å². The van der Waals surface area contributed by atoms with Crippen molar-refractivity contribution >= 4 is 27.8 Å². The number of nitrogens with one attached hydrogen (secondary N) is 1. The number of nitrogens with zero attached hydrogens (tertiary/aromatic N) is 3. The number of anilines is 1. The molecule has 1 N–H and O–H groups in total. The molecule has 7 nitrogen and oxygen atoms in total. The van der Waals surface area contributed by atoms with Crippen LogP contribution in [-0.2, 0) is 14.8 Å². The number of carbonyl (C=O) groups is 1. The Hall–Kier alpha value is -4.24. The number of halogens is 1. The Morgan fingerprint density at radius 2 is 1.63 bits per heavy atom. The first kappa shape index (κ1) is 26.8. The van der Waals surface area contributed by atoms with Crippen LogP contribution in [0.3, 0.4) is 0 Å². The molecule has 0 spiro atoms. The topological polar surface area (TPSA) is 83.8 Å². The summed E-state index contributed by atoms with van der Waals surface area (Å²) in [6, 6.07) is 21.6. The molecule has 0 aliphatic heterocycles. The van der Waals surface area contributed by atoms with Gasteiger partial charge in [0.05, 0.1) is 16.8 Å². The maximum Gasteiger partial charge on any atom is 0.264 e. The number of para-hydroxylation sites is 1. The van der Waals surface area contributed by atoms with E-state index in [1.165, 1.54) is 30.5 Å². The Labute approximate surface area is 222 Å².